The van der Waals surface area contributed by atoms with Crippen LogP contribution in [0.3, 0.4) is 0 Å². The summed E-state index contributed by atoms with van der Waals surface area (Å²) in [5, 5.41) is 3.23. The molecule has 0 spiro atoms. The minimum atomic E-state index is -0.883. The molecule has 1 aliphatic carbocycles. The maximum absolute atomic E-state index is 13.8. The Bertz CT molecular complexity index is 1040. The standard InChI is InChI=1S/C29H35N3O3/c33-26(30-21-29(16-8-2-9-17-29)31-18-10-3-11-19-31)25(20-22-12-4-1-5-13-22)32-27(34)23-14-6-7-15-24(23)28(32)35/h1,4-7,12-15,25H,2-3,8-11,16-21H2,(H,30,33). The summed E-state index contributed by atoms with van der Waals surface area (Å²) in [5.74, 6) is -1.01. The first-order valence-electron chi connectivity index (χ1n) is 13.1. The number of likely N-dealkylation sites (tertiary alicyclic amines) is 1. The van der Waals surface area contributed by atoms with E-state index in [1.807, 2.05) is 30.3 Å². The maximum atomic E-state index is 13.8. The molecule has 1 atom stereocenters. The summed E-state index contributed by atoms with van der Waals surface area (Å²) in [4.78, 5) is 44.1. The number of hydrogen-bond acceptors (Lipinski definition) is 4. The van der Waals surface area contributed by atoms with Crippen LogP contribution in [-0.4, -0.2) is 58.7 Å². The molecule has 1 N–H and O–H groups in total. The molecule has 1 unspecified atom stereocenters. The van der Waals surface area contributed by atoms with Crippen molar-refractivity contribution in [3.05, 3.63) is 71.3 Å². The van der Waals surface area contributed by atoms with Crippen molar-refractivity contribution in [2.45, 2.75) is 69.4 Å². The van der Waals surface area contributed by atoms with Crippen LogP contribution in [0, 0.1) is 0 Å². The van der Waals surface area contributed by atoms with Gasteiger partial charge in [0.15, 0.2) is 0 Å². The topological polar surface area (TPSA) is 69.7 Å². The lowest BCUT2D eigenvalue weighted by Crippen LogP contribution is -2.60. The molecule has 0 radical (unpaired) electrons. The summed E-state index contributed by atoms with van der Waals surface area (Å²) in [6, 6.07) is 15.6. The third kappa shape index (κ3) is 4.76. The van der Waals surface area contributed by atoms with Gasteiger partial charge in [0.25, 0.3) is 11.8 Å². The van der Waals surface area contributed by atoms with Crippen molar-refractivity contribution < 1.29 is 14.4 Å². The first-order chi connectivity index (χ1) is 17.1. The highest BCUT2D eigenvalue weighted by molar-refractivity contribution is 6.22. The van der Waals surface area contributed by atoms with Crippen LogP contribution < -0.4 is 5.32 Å². The zero-order valence-electron chi connectivity index (χ0n) is 20.4. The van der Waals surface area contributed by atoms with E-state index in [4.69, 9.17) is 0 Å². The van der Waals surface area contributed by atoms with Crippen molar-refractivity contribution in [3.63, 3.8) is 0 Å². The Balaban J connectivity index is 1.39. The zero-order chi connectivity index (χ0) is 24.3. The molecule has 0 bridgehead atoms. The van der Waals surface area contributed by atoms with Crippen molar-refractivity contribution in [1.82, 2.24) is 15.1 Å². The predicted octanol–water partition coefficient (Wildman–Crippen LogP) is 4.20. The fourth-order valence-electron chi connectivity index (χ4n) is 6.18. The number of nitrogens with zero attached hydrogens (tertiary/aromatic N) is 2. The smallest absolute Gasteiger partial charge is 0.262 e. The first-order valence-corrected chi connectivity index (χ1v) is 13.1. The van der Waals surface area contributed by atoms with Gasteiger partial charge in [-0.3, -0.25) is 24.2 Å². The molecule has 0 aromatic heterocycles. The van der Waals surface area contributed by atoms with E-state index in [0.717, 1.165) is 31.5 Å². The van der Waals surface area contributed by atoms with Gasteiger partial charge in [0.05, 0.1) is 11.1 Å². The molecule has 1 saturated heterocycles. The number of imide groups is 1. The monoisotopic (exact) mass is 473 g/mol. The van der Waals surface area contributed by atoms with Crippen LogP contribution >= 0.6 is 0 Å². The second-order valence-corrected chi connectivity index (χ2v) is 10.3. The Labute approximate surface area is 207 Å². The number of hydrogen-bond donors (Lipinski definition) is 1. The van der Waals surface area contributed by atoms with Crippen LogP contribution in [0.4, 0.5) is 0 Å². The highest BCUT2D eigenvalue weighted by Gasteiger charge is 2.44. The molecule has 3 amide bonds. The molecule has 6 heteroatoms. The minimum absolute atomic E-state index is 0.0202. The quantitative estimate of drug-likeness (QED) is 0.612. The molecular weight excluding hydrogens is 438 g/mol. The molecule has 6 nitrogen and oxygen atoms in total. The van der Waals surface area contributed by atoms with Gasteiger partial charge in [0.2, 0.25) is 5.91 Å². The Morgan fingerprint density at radius 3 is 2.00 bits per heavy atom. The summed E-state index contributed by atoms with van der Waals surface area (Å²) in [6.07, 6.45) is 9.77. The number of fused-ring (bicyclic) bond motifs is 1. The molecule has 2 aromatic carbocycles. The molecule has 2 fully saturated rings. The normalized spacial score (nSPS) is 21.0. The lowest BCUT2D eigenvalue weighted by molar-refractivity contribution is -0.126. The number of piperidine rings is 1. The third-order valence-electron chi connectivity index (χ3n) is 8.11. The Kier molecular flexibility index (Phi) is 7.00. The van der Waals surface area contributed by atoms with Crippen LogP contribution in [0.2, 0.25) is 0 Å². The average Bonchev–Trinajstić information content (AvgIpc) is 3.17. The van der Waals surface area contributed by atoms with E-state index in [1.54, 1.807) is 24.3 Å². The van der Waals surface area contributed by atoms with E-state index >= 15 is 0 Å². The summed E-state index contributed by atoms with van der Waals surface area (Å²) in [5.41, 5.74) is 1.65. The van der Waals surface area contributed by atoms with Crippen molar-refractivity contribution in [2.75, 3.05) is 19.6 Å². The number of carbonyl (C=O) groups is 3. The Hall–Kier alpha value is -2.99. The van der Waals surface area contributed by atoms with E-state index < -0.39 is 6.04 Å². The summed E-state index contributed by atoms with van der Waals surface area (Å²) in [6.45, 7) is 2.74. The molecule has 35 heavy (non-hydrogen) atoms. The van der Waals surface area contributed by atoms with Crippen LogP contribution in [0.25, 0.3) is 0 Å². The number of nitrogens with one attached hydrogen (secondary N) is 1. The predicted molar refractivity (Wildman–Crippen MR) is 135 cm³/mol. The Morgan fingerprint density at radius 1 is 0.800 bits per heavy atom. The molecule has 3 aliphatic rings. The number of amides is 3. The van der Waals surface area contributed by atoms with E-state index in [9.17, 15) is 14.4 Å². The number of benzene rings is 2. The largest absolute Gasteiger partial charge is 0.352 e. The molecule has 1 saturated carbocycles. The van der Waals surface area contributed by atoms with Gasteiger partial charge in [-0.1, -0.05) is 68.1 Å². The van der Waals surface area contributed by atoms with Gasteiger partial charge < -0.3 is 5.32 Å². The van der Waals surface area contributed by atoms with E-state index in [2.05, 4.69) is 10.2 Å². The van der Waals surface area contributed by atoms with Crippen molar-refractivity contribution in [1.29, 1.82) is 0 Å². The SMILES string of the molecule is O=C(NCC1(N2CCCCC2)CCCCC1)C(Cc1ccccc1)N1C(=O)c2ccccc2C1=O. The fraction of sp³-hybridized carbons (Fsp3) is 0.483. The maximum Gasteiger partial charge on any atom is 0.262 e. The lowest BCUT2D eigenvalue weighted by Gasteiger charge is -2.48. The van der Waals surface area contributed by atoms with Gasteiger partial charge in [0.1, 0.15) is 6.04 Å². The molecule has 184 valence electrons. The van der Waals surface area contributed by atoms with Gasteiger partial charge in [-0.25, -0.2) is 0 Å². The van der Waals surface area contributed by atoms with Gasteiger partial charge in [-0.15, -0.1) is 0 Å². The zero-order valence-corrected chi connectivity index (χ0v) is 20.4. The van der Waals surface area contributed by atoms with Crippen LogP contribution in [-0.2, 0) is 11.2 Å². The minimum Gasteiger partial charge on any atom is -0.352 e. The Morgan fingerprint density at radius 2 is 1.37 bits per heavy atom. The van der Waals surface area contributed by atoms with E-state index in [1.165, 1.54) is 43.4 Å². The lowest BCUT2D eigenvalue weighted by atomic mass is 9.79. The molecular formula is C29H35N3O3. The molecule has 2 heterocycles. The fourth-order valence-corrected chi connectivity index (χ4v) is 6.18. The number of carbonyl (C=O) groups excluding carboxylic acids is 3. The third-order valence-corrected chi connectivity index (χ3v) is 8.11. The molecule has 2 aromatic rings. The molecule has 5 rings (SSSR count). The van der Waals surface area contributed by atoms with Gasteiger partial charge in [-0.05, 0) is 56.5 Å². The van der Waals surface area contributed by atoms with E-state index in [-0.39, 0.29) is 23.3 Å². The van der Waals surface area contributed by atoms with Gasteiger partial charge >= 0.3 is 0 Å². The van der Waals surface area contributed by atoms with E-state index in [0.29, 0.717) is 24.1 Å². The summed E-state index contributed by atoms with van der Waals surface area (Å²) >= 11 is 0. The van der Waals surface area contributed by atoms with Gasteiger partial charge in [0, 0.05) is 18.5 Å². The molecule has 2 aliphatic heterocycles. The second kappa shape index (κ2) is 10.3. The van der Waals surface area contributed by atoms with Crippen molar-refractivity contribution in [3.8, 4) is 0 Å². The van der Waals surface area contributed by atoms with Crippen molar-refractivity contribution >= 4 is 17.7 Å². The van der Waals surface area contributed by atoms with Crippen LogP contribution in [0.15, 0.2) is 54.6 Å². The highest BCUT2D eigenvalue weighted by atomic mass is 16.2. The first kappa shape index (κ1) is 23.7. The second-order valence-electron chi connectivity index (χ2n) is 10.3. The van der Waals surface area contributed by atoms with Crippen LogP contribution in [0.5, 0.6) is 0 Å². The summed E-state index contributed by atoms with van der Waals surface area (Å²) in [7, 11) is 0. The van der Waals surface area contributed by atoms with Crippen LogP contribution in [0.1, 0.15) is 77.6 Å². The number of rotatable bonds is 7. The highest BCUT2D eigenvalue weighted by Crippen LogP contribution is 2.35. The van der Waals surface area contributed by atoms with Crippen molar-refractivity contribution in [2.24, 2.45) is 0 Å². The van der Waals surface area contributed by atoms with Gasteiger partial charge in [-0.2, -0.15) is 0 Å². The summed E-state index contributed by atoms with van der Waals surface area (Å²) < 4.78 is 0. The average molecular weight is 474 g/mol.